The normalized spacial score (nSPS) is 13.8. The van der Waals surface area contributed by atoms with Crippen molar-refractivity contribution in [2.75, 3.05) is 0 Å². The lowest BCUT2D eigenvalue weighted by atomic mass is 9.85. The molecule has 3 nitrogen and oxygen atoms in total. The summed E-state index contributed by atoms with van der Waals surface area (Å²) in [6.45, 7) is 4.40. The van der Waals surface area contributed by atoms with Crippen LogP contribution in [-0.2, 0) is 12.8 Å². The molecule has 0 saturated heterocycles. The van der Waals surface area contributed by atoms with Gasteiger partial charge in [0.1, 0.15) is 5.75 Å². The number of phenols is 3. The van der Waals surface area contributed by atoms with Crippen LogP contribution in [0.4, 0.5) is 0 Å². The van der Waals surface area contributed by atoms with Crippen molar-refractivity contribution < 1.29 is 15.3 Å². The van der Waals surface area contributed by atoms with E-state index in [1.54, 1.807) is 18.2 Å². The van der Waals surface area contributed by atoms with Crippen LogP contribution >= 0.6 is 0 Å². The summed E-state index contributed by atoms with van der Waals surface area (Å²) in [5.41, 5.74) is 2.23. The monoisotopic (exact) mass is 286 g/mol. The van der Waals surface area contributed by atoms with Crippen LogP contribution in [-0.4, -0.2) is 15.3 Å². The fourth-order valence-electron chi connectivity index (χ4n) is 2.47. The second-order valence-electron chi connectivity index (χ2n) is 5.85. The maximum atomic E-state index is 9.54. The van der Waals surface area contributed by atoms with Gasteiger partial charge in [-0.25, -0.2) is 0 Å². The van der Waals surface area contributed by atoms with Gasteiger partial charge in [-0.3, -0.25) is 0 Å². The quantitative estimate of drug-likeness (QED) is 0.731. The average Bonchev–Trinajstić information content (AvgIpc) is 2.45. The third kappa shape index (κ3) is 4.15. The van der Waals surface area contributed by atoms with Gasteiger partial charge in [0.05, 0.1) is 0 Å². The highest BCUT2D eigenvalue weighted by molar-refractivity contribution is 5.40. The van der Waals surface area contributed by atoms with E-state index in [9.17, 15) is 15.3 Å². The lowest BCUT2D eigenvalue weighted by Crippen LogP contribution is -2.13. The zero-order valence-electron chi connectivity index (χ0n) is 12.5. The van der Waals surface area contributed by atoms with E-state index < -0.39 is 0 Å². The Kier molecular flexibility index (Phi) is 4.73. The molecule has 0 fully saturated rings. The largest absolute Gasteiger partial charge is 0.508 e. The van der Waals surface area contributed by atoms with Gasteiger partial charge in [-0.15, -0.1) is 0 Å². The number of phenolic OH excluding ortho intramolecular Hbond substituents is 3. The van der Waals surface area contributed by atoms with Crippen LogP contribution in [0.5, 0.6) is 17.2 Å². The summed E-state index contributed by atoms with van der Waals surface area (Å²) in [4.78, 5) is 0. The molecule has 2 aromatic carbocycles. The van der Waals surface area contributed by atoms with Crippen molar-refractivity contribution in [3.8, 4) is 17.2 Å². The van der Waals surface area contributed by atoms with E-state index >= 15 is 0 Å². The van der Waals surface area contributed by atoms with E-state index in [0.29, 0.717) is 17.6 Å². The first-order valence-corrected chi connectivity index (χ1v) is 7.24. The van der Waals surface area contributed by atoms with E-state index in [1.807, 2.05) is 18.2 Å². The molecule has 0 aromatic heterocycles. The second kappa shape index (κ2) is 6.53. The topological polar surface area (TPSA) is 60.7 Å². The SMILES string of the molecule is C[C@H](Cc1ccc(O)c(O)c1)[C@@H](C)Cc1ccc(O)cc1. The van der Waals surface area contributed by atoms with Crippen LogP contribution in [0.15, 0.2) is 42.5 Å². The smallest absolute Gasteiger partial charge is 0.157 e. The lowest BCUT2D eigenvalue weighted by molar-refractivity contribution is 0.379. The highest BCUT2D eigenvalue weighted by Gasteiger charge is 2.14. The van der Waals surface area contributed by atoms with Gasteiger partial charge in [-0.2, -0.15) is 0 Å². The fraction of sp³-hybridized carbons (Fsp3) is 0.333. The van der Waals surface area contributed by atoms with Crippen LogP contribution in [0.1, 0.15) is 25.0 Å². The molecule has 0 radical (unpaired) electrons. The van der Waals surface area contributed by atoms with Gasteiger partial charge in [-0.1, -0.05) is 32.0 Å². The highest BCUT2D eigenvalue weighted by Crippen LogP contribution is 2.28. The van der Waals surface area contributed by atoms with E-state index in [2.05, 4.69) is 13.8 Å². The number of rotatable bonds is 5. The molecule has 2 atom stereocenters. The Bertz CT molecular complexity index is 590. The minimum Gasteiger partial charge on any atom is -0.508 e. The van der Waals surface area contributed by atoms with Crippen molar-refractivity contribution in [3.05, 3.63) is 53.6 Å². The summed E-state index contributed by atoms with van der Waals surface area (Å²) in [5, 5.41) is 28.2. The van der Waals surface area contributed by atoms with Crippen LogP contribution in [0.3, 0.4) is 0 Å². The first-order valence-electron chi connectivity index (χ1n) is 7.24. The van der Waals surface area contributed by atoms with Gasteiger partial charge in [-0.05, 0) is 60.1 Å². The predicted octanol–water partition coefficient (Wildman–Crippen LogP) is 3.86. The second-order valence-corrected chi connectivity index (χ2v) is 5.85. The zero-order chi connectivity index (χ0) is 15.4. The summed E-state index contributed by atoms with van der Waals surface area (Å²) in [6.07, 6.45) is 1.80. The van der Waals surface area contributed by atoms with E-state index in [1.165, 1.54) is 11.6 Å². The Morgan fingerprint density at radius 2 is 1.24 bits per heavy atom. The zero-order valence-corrected chi connectivity index (χ0v) is 12.5. The molecule has 2 rings (SSSR count). The first kappa shape index (κ1) is 15.2. The van der Waals surface area contributed by atoms with Gasteiger partial charge >= 0.3 is 0 Å². The van der Waals surface area contributed by atoms with Crippen LogP contribution in [0, 0.1) is 11.8 Å². The van der Waals surface area contributed by atoms with Crippen molar-refractivity contribution in [2.45, 2.75) is 26.7 Å². The minimum absolute atomic E-state index is 0.0640. The summed E-state index contributed by atoms with van der Waals surface area (Å²) in [7, 11) is 0. The standard InChI is InChI=1S/C18H22O3/c1-12(9-14-3-6-16(19)7-4-14)13(2)10-15-5-8-17(20)18(21)11-15/h3-8,11-13,19-21H,9-10H2,1-2H3/t12-,13+/m0/s1. The van der Waals surface area contributed by atoms with Gasteiger partial charge in [0.15, 0.2) is 11.5 Å². The molecule has 0 saturated carbocycles. The average molecular weight is 286 g/mol. The Balaban J connectivity index is 1.97. The van der Waals surface area contributed by atoms with Crippen LogP contribution < -0.4 is 0 Å². The molecule has 0 aliphatic heterocycles. The molecule has 0 aliphatic rings. The number of hydrogen-bond donors (Lipinski definition) is 3. The molecule has 0 heterocycles. The Hall–Kier alpha value is -2.16. The maximum Gasteiger partial charge on any atom is 0.157 e. The third-order valence-corrected chi connectivity index (χ3v) is 4.06. The Labute approximate surface area is 125 Å². The van der Waals surface area contributed by atoms with Crippen molar-refractivity contribution in [1.82, 2.24) is 0 Å². The molecular weight excluding hydrogens is 264 g/mol. The fourth-order valence-corrected chi connectivity index (χ4v) is 2.47. The number of hydrogen-bond acceptors (Lipinski definition) is 3. The Morgan fingerprint density at radius 3 is 1.81 bits per heavy atom. The first-order chi connectivity index (χ1) is 9.95. The summed E-state index contributed by atoms with van der Waals surface area (Å²) >= 11 is 0. The molecule has 3 N–H and O–H groups in total. The molecule has 3 heteroatoms. The number of benzene rings is 2. The van der Waals surface area contributed by atoms with E-state index in [-0.39, 0.29) is 11.5 Å². The van der Waals surface area contributed by atoms with Crippen LogP contribution in [0.2, 0.25) is 0 Å². The molecule has 21 heavy (non-hydrogen) atoms. The van der Waals surface area contributed by atoms with Gasteiger partial charge in [0.2, 0.25) is 0 Å². The molecule has 0 aliphatic carbocycles. The van der Waals surface area contributed by atoms with Crippen molar-refractivity contribution in [1.29, 1.82) is 0 Å². The molecule has 0 spiro atoms. The Morgan fingerprint density at radius 1 is 0.714 bits per heavy atom. The molecule has 0 amide bonds. The third-order valence-electron chi connectivity index (χ3n) is 4.06. The summed E-state index contributed by atoms with van der Waals surface area (Å²) in [6, 6.07) is 12.3. The van der Waals surface area contributed by atoms with Gasteiger partial charge < -0.3 is 15.3 Å². The van der Waals surface area contributed by atoms with E-state index in [0.717, 1.165) is 18.4 Å². The molecular formula is C18H22O3. The van der Waals surface area contributed by atoms with E-state index in [4.69, 9.17) is 0 Å². The number of aromatic hydroxyl groups is 3. The minimum atomic E-state index is -0.0801. The van der Waals surface area contributed by atoms with Gasteiger partial charge in [0.25, 0.3) is 0 Å². The lowest BCUT2D eigenvalue weighted by Gasteiger charge is -2.20. The predicted molar refractivity (Wildman–Crippen MR) is 83.6 cm³/mol. The summed E-state index contributed by atoms with van der Waals surface area (Å²) in [5.74, 6) is 1.07. The van der Waals surface area contributed by atoms with Crippen LogP contribution in [0.25, 0.3) is 0 Å². The maximum absolute atomic E-state index is 9.54. The summed E-state index contributed by atoms with van der Waals surface area (Å²) < 4.78 is 0. The molecule has 2 aromatic rings. The molecule has 112 valence electrons. The van der Waals surface area contributed by atoms with Gasteiger partial charge in [0, 0.05) is 0 Å². The van der Waals surface area contributed by atoms with Crippen molar-refractivity contribution in [3.63, 3.8) is 0 Å². The molecule has 0 unspecified atom stereocenters. The highest BCUT2D eigenvalue weighted by atomic mass is 16.3. The van der Waals surface area contributed by atoms with Crippen molar-refractivity contribution >= 4 is 0 Å². The molecule has 0 bridgehead atoms. The van der Waals surface area contributed by atoms with Crippen molar-refractivity contribution in [2.24, 2.45) is 11.8 Å².